The Bertz CT molecular complexity index is 1410. The highest BCUT2D eigenvalue weighted by Crippen LogP contribution is 2.41. The van der Waals surface area contributed by atoms with Crippen LogP contribution < -0.4 is 5.73 Å². The molecular weight excluding hydrogens is 568 g/mol. The Labute approximate surface area is 270 Å². The fourth-order valence-electron chi connectivity index (χ4n) is 5.32. The van der Waals surface area contributed by atoms with Gasteiger partial charge in [0.05, 0.1) is 0 Å². The molecule has 1 heterocycles. The maximum absolute atomic E-state index is 13.1. The zero-order valence-electron chi connectivity index (χ0n) is 27.3. The monoisotopic (exact) mass is 616 g/mol. The first-order chi connectivity index (χ1) is 21.1. The summed E-state index contributed by atoms with van der Waals surface area (Å²) in [6, 6.07) is 22.2. The Balaban J connectivity index is 0.00000152. The highest BCUT2D eigenvalue weighted by atomic mass is 35.5. The van der Waals surface area contributed by atoms with Crippen LogP contribution in [0, 0.1) is 19.3 Å². The number of nitrogens with zero attached hydrogens (tertiary/aromatic N) is 1. The summed E-state index contributed by atoms with van der Waals surface area (Å²) in [6.07, 6.45) is 1.79. The smallest absolute Gasteiger partial charge is 0.182 e. The van der Waals surface area contributed by atoms with E-state index in [4.69, 9.17) is 26.9 Å². The van der Waals surface area contributed by atoms with Crippen LogP contribution in [-0.2, 0) is 20.9 Å². The minimum Gasteiger partial charge on any atom is -0.475 e. The normalized spacial score (nSPS) is 15.9. The van der Waals surface area contributed by atoms with Crippen LogP contribution in [0.1, 0.15) is 62.8 Å². The molecule has 1 unspecified atom stereocenters. The summed E-state index contributed by atoms with van der Waals surface area (Å²) in [7, 11) is 0. The van der Waals surface area contributed by atoms with E-state index in [1.807, 2.05) is 76.1 Å². The molecule has 5 nitrogen and oxygen atoms in total. The van der Waals surface area contributed by atoms with Crippen molar-refractivity contribution < 1.29 is 14.3 Å². The van der Waals surface area contributed by atoms with E-state index in [1.54, 1.807) is 6.92 Å². The molecule has 0 spiro atoms. The quantitative estimate of drug-likeness (QED) is 0.155. The molecule has 3 aromatic carbocycles. The number of carbonyl (C=O) groups is 2. The number of benzene rings is 3. The molecule has 3 aromatic rings. The molecular formula is C38H49ClN2O3. The lowest BCUT2D eigenvalue weighted by Crippen LogP contribution is -2.44. The van der Waals surface area contributed by atoms with Gasteiger partial charge in [0, 0.05) is 40.4 Å². The number of carbonyl (C=O) groups excluding carboxylic acids is 2. The lowest BCUT2D eigenvalue weighted by Gasteiger charge is -2.42. The number of hydrogen-bond acceptors (Lipinski definition) is 5. The van der Waals surface area contributed by atoms with Gasteiger partial charge in [0.2, 0.25) is 0 Å². The van der Waals surface area contributed by atoms with E-state index in [2.05, 4.69) is 56.7 Å². The van der Waals surface area contributed by atoms with Crippen molar-refractivity contribution >= 4 is 29.7 Å². The number of Topliss-reactive ketones (excluding diaryl/α,β-unsaturated/α-hetero) is 1. The third kappa shape index (κ3) is 9.72. The van der Waals surface area contributed by atoms with Gasteiger partial charge in [-0.3, -0.25) is 4.79 Å². The van der Waals surface area contributed by atoms with Crippen molar-refractivity contribution in [3.63, 3.8) is 0 Å². The van der Waals surface area contributed by atoms with Crippen LogP contribution >= 0.6 is 11.6 Å². The second-order valence-corrected chi connectivity index (χ2v) is 11.0. The Kier molecular flexibility index (Phi) is 16.0. The number of rotatable bonds is 8. The van der Waals surface area contributed by atoms with Crippen LogP contribution in [0.2, 0.25) is 5.02 Å². The summed E-state index contributed by atoms with van der Waals surface area (Å²) < 4.78 is 6.02. The number of hydrogen-bond donors (Lipinski definition) is 1. The van der Waals surface area contributed by atoms with E-state index >= 15 is 0 Å². The van der Waals surface area contributed by atoms with Gasteiger partial charge in [-0.1, -0.05) is 92.5 Å². The van der Waals surface area contributed by atoms with Crippen LogP contribution in [-0.4, -0.2) is 30.6 Å². The lowest BCUT2D eigenvalue weighted by atomic mass is 9.75. The van der Waals surface area contributed by atoms with E-state index in [0.717, 1.165) is 52.8 Å². The van der Waals surface area contributed by atoms with E-state index in [-0.39, 0.29) is 5.78 Å². The zero-order valence-corrected chi connectivity index (χ0v) is 28.1. The highest BCUT2D eigenvalue weighted by molar-refractivity contribution is 6.34. The molecule has 44 heavy (non-hydrogen) atoms. The van der Waals surface area contributed by atoms with Crippen LogP contribution in [0.4, 0.5) is 0 Å². The molecule has 1 aliphatic rings. The fourth-order valence-corrected chi connectivity index (χ4v) is 5.59. The molecule has 1 saturated heterocycles. The minimum absolute atomic E-state index is 0.0672. The number of nitrogens with two attached hydrogens (primary N) is 1. The lowest BCUT2D eigenvalue weighted by molar-refractivity contribution is -0.112. The average Bonchev–Trinajstić information content (AvgIpc) is 3.04. The van der Waals surface area contributed by atoms with Gasteiger partial charge in [-0.05, 0) is 74.6 Å². The zero-order chi connectivity index (χ0) is 33.4. The van der Waals surface area contributed by atoms with Crippen molar-refractivity contribution in [3.8, 4) is 11.1 Å². The van der Waals surface area contributed by atoms with Crippen molar-refractivity contribution in [2.75, 3.05) is 13.1 Å². The number of piperidine rings is 1. The highest BCUT2D eigenvalue weighted by Gasteiger charge is 2.37. The van der Waals surface area contributed by atoms with Gasteiger partial charge in [-0.25, -0.2) is 0 Å². The van der Waals surface area contributed by atoms with Gasteiger partial charge in [0.1, 0.15) is 13.4 Å². The average molecular weight is 617 g/mol. The van der Waals surface area contributed by atoms with Crippen molar-refractivity contribution in [1.82, 2.24) is 4.90 Å². The van der Waals surface area contributed by atoms with Crippen LogP contribution in [0.15, 0.2) is 98.0 Å². The predicted molar refractivity (Wildman–Crippen MR) is 187 cm³/mol. The molecule has 0 aliphatic carbocycles. The van der Waals surface area contributed by atoms with Gasteiger partial charge in [0.25, 0.3) is 0 Å². The van der Waals surface area contributed by atoms with Crippen LogP contribution in [0.25, 0.3) is 16.7 Å². The van der Waals surface area contributed by atoms with E-state index in [1.165, 1.54) is 0 Å². The van der Waals surface area contributed by atoms with Gasteiger partial charge >= 0.3 is 0 Å². The second kappa shape index (κ2) is 18.5. The van der Waals surface area contributed by atoms with Crippen LogP contribution in [0.5, 0.6) is 0 Å². The molecule has 0 saturated carbocycles. The maximum Gasteiger partial charge on any atom is 0.182 e. The molecule has 6 heteroatoms. The summed E-state index contributed by atoms with van der Waals surface area (Å²) in [6.45, 7) is 25.9. The van der Waals surface area contributed by atoms with Crippen molar-refractivity contribution in [3.05, 3.63) is 125 Å². The molecule has 236 valence electrons. The standard InChI is InChI=1S/C33H37ClN2O2.C2H6.C2H4.CH2O/c1-22-11-9-14-27(17-22)29-18-23(2)28(19-30(29)34)31(24(3)37)32(35)33(5)15-10-16-36(21-33)25(4)38-20-26-12-7-6-8-13-26;3*1-2/h6-9,11-14,17-19H,4,10,15-16,20-21,35H2,1-3,5H3;1-2H3;1-2H2;1H2/b32-31-;;;. The molecule has 0 aromatic heterocycles. The summed E-state index contributed by atoms with van der Waals surface area (Å²) in [5.41, 5.74) is 13.6. The molecule has 0 radical (unpaired) electrons. The number of halogens is 1. The first-order valence-electron chi connectivity index (χ1n) is 14.9. The minimum atomic E-state index is -0.424. The number of ether oxygens (including phenoxy) is 1. The molecule has 4 rings (SSSR count). The number of allylic oxidation sites excluding steroid dienone is 1. The predicted octanol–water partition coefficient (Wildman–Crippen LogP) is 9.32. The summed E-state index contributed by atoms with van der Waals surface area (Å²) in [4.78, 5) is 23.2. The van der Waals surface area contributed by atoms with Crippen molar-refractivity contribution in [1.29, 1.82) is 0 Å². The van der Waals surface area contributed by atoms with Crippen LogP contribution in [0.3, 0.4) is 0 Å². The van der Waals surface area contributed by atoms with E-state index < -0.39 is 5.41 Å². The largest absolute Gasteiger partial charge is 0.475 e. The summed E-state index contributed by atoms with van der Waals surface area (Å²) >= 11 is 6.80. The van der Waals surface area contributed by atoms with E-state index in [0.29, 0.717) is 35.3 Å². The summed E-state index contributed by atoms with van der Waals surface area (Å²) in [5.74, 6) is 0.557. The van der Waals surface area contributed by atoms with Gasteiger partial charge in [-0.15, -0.1) is 13.2 Å². The van der Waals surface area contributed by atoms with Crippen molar-refractivity contribution in [2.45, 2.75) is 61.0 Å². The molecule has 0 amide bonds. The Morgan fingerprint density at radius 3 is 2.25 bits per heavy atom. The Hall–Kier alpha value is -4.09. The first kappa shape index (κ1) is 37.9. The third-order valence-corrected chi connectivity index (χ3v) is 7.79. The van der Waals surface area contributed by atoms with Crippen molar-refractivity contribution in [2.24, 2.45) is 11.1 Å². The molecule has 1 aliphatic heterocycles. The third-order valence-electron chi connectivity index (χ3n) is 7.48. The SMILES string of the molecule is C=C.C=C(OCc1ccccc1)N1CCCC(C)(/C(N)=C(\C(C)=O)c2cc(Cl)c(-c3cccc(C)c3)cc2C)C1.C=O.CC. The number of ketones is 1. The number of aryl methyl sites for hydroxylation is 2. The van der Waals surface area contributed by atoms with Gasteiger partial charge < -0.3 is 20.2 Å². The Morgan fingerprint density at radius 2 is 1.66 bits per heavy atom. The number of likely N-dealkylation sites (tertiary alicyclic amines) is 1. The first-order valence-corrected chi connectivity index (χ1v) is 15.2. The molecule has 2 N–H and O–H groups in total. The molecule has 1 atom stereocenters. The summed E-state index contributed by atoms with van der Waals surface area (Å²) in [5, 5.41) is 0.598. The van der Waals surface area contributed by atoms with Gasteiger partial charge in [-0.2, -0.15) is 0 Å². The topological polar surface area (TPSA) is 72.6 Å². The van der Waals surface area contributed by atoms with Gasteiger partial charge in [0.15, 0.2) is 11.7 Å². The molecule has 1 fully saturated rings. The Morgan fingerprint density at radius 1 is 1.02 bits per heavy atom. The maximum atomic E-state index is 13.1. The second-order valence-electron chi connectivity index (χ2n) is 10.6. The molecule has 0 bridgehead atoms. The van der Waals surface area contributed by atoms with E-state index in [9.17, 15) is 4.79 Å². The fraction of sp³-hybridized carbons (Fsp3) is 0.316.